The van der Waals surface area contributed by atoms with Gasteiger partial charge in [-0.2, -0.15) is 0 Å². The van der Waals surface area contributed by atoms with Gasteiger partial charge in [-0.1, -0.05) is 19.1 Å². The van der Waals surface area contributed by atoms with E-state index in [-0.39, 0.29) is 17.3 Å². The summed E-state index contributed by atoms with van der Waals surface area (Å²) < 4.78 is 34.6. The van der Waals surface area contributed by atoms with Crippen LogP contribution in [0.3, 0.4) is 0 Å². The zero-order chi connectivity index (χ0) is 13.1. The van der Waals surface area contributed by atoms with E-state index in [0.717, 1.165) is 5.56 Å². The molecule has 0 saturated carbocycles. The molecule has 1 aromatic carbocycles. The fourth-order valence-corrected chi connectivity index (χ4v) is 4.08. The van der Waals surface area contributed by atoms with E-state index in [1.165, 1.54) is 0 Å². The first-order valence-corrected chi connectivity index (χ1v) is 8.45. The summed E-state index contributed by atoms with van der Waals surface area (Å²) >= 11 is 0. The van der Waals surface area contributed by atoms with Gasteiger partial charge in [0.25, 0.3) is 0 Å². The molecule has 0 heterocycles. The van der Waals surface area contributed by atoms with Crippen LogP contribution in [0.4, 0.5) is 5.69 Å². The first kappa shape index (κ1) is 14.2. The van der Waals surface area contributed by atoms with E-state index < -0.39 is 20.6 Å². The molecule has 17 heavy (non-hydrogen) atoms. The average molecular weight is 275 g/mol. The van der Waals surface area contributed by atoms with Gasteiger partial charge in [-0.25, -0.2) is 8.42 Å². The Morgan fingerprint density at radius 3 is 2.59 bits per heavy atom. The summed E-state index contributed by atoms with van der Waals surface area (Å²) in [5.41, 5.74) is 7.15. The maximum Gasteiger partial charge on any atom is 0.150 e. The molecule has 0 saturated heterocycles. The lowest BCUT2D eigenvalue weighted by atomic mass is 10.2. The molecule has 0 aliphatic rings. The molecule has 4 nitrogen and oxygen atoms in total. The van der Waals surface area contributed by atoms with Crippen molar-refractivity contribution < 1.29 is 12.6 Å². The third-order valence-corrected chi connectivity index (χ3v) is 5.93. The van der Waals surface area contributed by atoms with Gasteiger partial charge in [0.15, 0.2) is 9.84 Å². The second-order valence-electron chi connectivity index (χ2n) is 3.77. The highest BCUT2D eigenvalue weighted by molar-refractivity contribution is 7.93. The molecule has 1 atom stereocenters. The number of para-hydroxylation sites is 1. The first-order valence-electron chi connectivity index (χ1n) is 5.31. The Morgan fingerprint density at radius 2 is 2.00 bits per heavy atom. The fourth-order valence-electron chi connectivity index (χ4n) is 1.31. The number of sulfone groups is 1. The van der Waals surface area contributed by atoms with Crippen LogP contribution in [0.25, 0.3) is 0 Å². The smallest absolute Gasteiger partial charge is 0.150 e. The number of aryl methyl sites for hydroxylation is 1. The van der Waals surface area contributed by atoms with Crippen molar-refractivity contribution in [1.82, 2.24) is 0 Å². The van der Waals surface area contributed by atoms with Gasteiger partial charge in [0.05, 0.1) is 27.1 Å². The summed E-state index contributed by atoms with van der Waals surface area (Å²) in [6.45, 7) is 3.41. The summed E-state index contributed by atoms with van der Waals surface area (Å²) in [5.74, 6) is 0.112. The minimum atomic E-state index is -3.08. The number of rotatable bonds is 5. The zero-order valence-electron chi connectivity index (χ0n) is 9.97. The Balaban J connectivity index is 2.81. The summed E-state index contributed by atoms with van der Waals surface area (Å²) in [6, 6.07) is 5.28. The standard InChI is InChI=1S/C11H17NO3S2/c1-3-17(14,15)8-7-16(13)10-6-4-5-9(2)11(10)12/h4-6H,3,7-8,12H2,1-2H3. The number of benzene rings is 1. The number of hydrogen-bond acceptors (Lipinski definition) is 4. The van der Waals surface area contributed by atoms with Crippen LogP contribution in [0, 0.1) is 6.92 Å². The van der Waals surface area contributed by atoms with Crippen LogP contribution < -0.4 is 5.73 Å². The minimum absolute atomic E-state index is 0.0660. The molecule has 0 aliphatic carbocycles. The van der Waals surface area contributed by atoms with Crippen molar-refractivity contribution in [3.05, 3.63) is 23.8 Å². The SMILES string of the molecule is CCS(=O)(=O)CCS(=O)c1cccc(C)c1N. The Labute approximate surface area is 105 Å². The fraction of sp³-hybridized carbons (Fsp3) is 0.455. The number of anilines is 1. The molecule has 0 aromatic heterocycles. The summed E-state index contributed by atoms with van der Waals surface area (Å²) in [4.78, 5) is 0.524. The van der Waals surface area contributed by atoms with Crippen molar-refractivity contribution in [1.29, 1.82) is 0 Å². The lowest BCUT2D eigenvalue weighted by molar-refractivity contribution is 0.598. The number of hydrogen-bond donors (Lipinski definition) is 1. The summed E-state index contributed by atoms with van der Waals surface area (Å²) in [6.07, 6.45) is 0. The quantitative estimate of drug-likeness (QED) is 0.817. The van der Waals surface area contributed by atoms with Gasteiger partial charge in [-0.15, -0.1) is 0 Å². The van der Waals surface area contributed by atoms with Crippen LogP contribution in [-0.4, -0.2) is 29.9 Å². The van der Waals surface area contributed by atoms with Gasteiger partial charge in [-0.05, 0) is 18.6 Å². The molecule has 6 heteroatoms. The van der Waals surface area contributed by atoms with Crippen LogP contribution in [0.2, 0.25) is 0 Å². The van der Waals surface area contributed by atoms with Crippen molar-refractivity contribution in [2.45, 2.75) is 18.7 Å². The Kier molecular flexibility index (Phi) is 4.70. The van der Waals surface area contributed by atoms with Gasteiger partial charge < -0.3 is 5.73 Å². The van der Waals surface area contributed by atoms with Crippen LogP contribution in [0.5, 0.6) is 0 Å². The van der Waals surface area contributed by atoms with Crippen molar-refractivity contribution in [2.75, 3.05) is 23.0 Å². The molecule has 0 radical (unpaired) electrons. The largest absolute Gasteiger partial charge is 0.398 e. The van der Waals surface area contributed by atoms with E-state index in [1.807, 2.05) is 13.0 Å². The van der Waals surface area contributed by atoms with E-state index in [2.05, 4.69) is 0 Å². The molecule has 0 spiro atoms. The van der Waals surface area contributed by atoms with Crippen LogP contribution in [0.15, 0.2) is 23.1 Å². The summed E-state index contributed by atoms with van der Waals surface area (Å²) in [7, 11) is -4.44. The monoisotopic (exact) mass is 275 g/mol. The summed E-state index contributed by atoms with van der Waals surface area (Å²) in [5, 5.41) is 0. The molecule has 1 unspecified atom stereocenters. The Morgan fingerprint density at radius 1 is 1.35 bits per heavy atom. The highest BCUT2D eigenvalue weighted by Gasteiger charge is 2.14. The van der Waals surface area contributed by atoms with Gasteiger partial charge >= 0.3 is 0 Å². The highest BCUT2D eigenvalue weighted by atomic mass is 32.2. The van der Waals surface area contributed by atoms with E-state index in [9.17, 15) is 12.6 Å². The highest BCUT2D eigenvalue weighted by Crippen LogP contribution is 2.20. The molecule has 0 amide bonds. The molecule has 1 rings (SSSR count). The lowest BCUT2D eigenvalue weighted by Crippen LogP contribution is -2.16. The third-order valence-electron chi connectivity index (χ3n) is 2.55. The maximum atomic E-state index is 11.9. The normalized spacial score (nSPS) is 13.5. The van der Waals surface area contributed by atoms with Crippen LogP contribution in [0.1, 0.15) is 12.5 Å². The number of nitrogens with two attached hydrogens (primary N) is 1. The van der Waals surface area contributed by atoms with Gasteiger partial charge in [-0.3, -0.25) is 4.21 Å². The molecular weight excluding hydrogens is 258 g/mol. The Hall–Kier alpha value is -0.880. The van der Waals surface area contributed by atoms with E-state index in [0.29, 0.717) is 10.6 Å². The molecular formula is C11H17NO3S2. The zero-order valence-corrected chi connectivity index (χ0v) is 11.6. The predicted molar refractivity (Wildman–Crippen MR) is 71.2 cm³/mol. The molecule has 2 N–H and O–H groups in total. The van der Waals surface area contributed by atoms with Crippen molar-refractivity contribution >= 4 is 26.3 Å². The molecule has 1 aromatic rings. The Bertz CT molecular complexity index is 524. The lowest BCUT2D eigenvalue weighted by Gasteiger charge is -2.08. The van der Waals surface area contributed by atoms with Crippen LogP contribution in [-0.2, 0) is 20.6 Å². The second-order valence-corrected chi connectivity index (χ2v) is 7.78. The van der Waals surface area contributed by atoms with E-state index in [4.69, 9.17) is 5.73 Å². The first-order chi connectivity index (χ1) is 7.87. The molecule has 0 fully saturated rings. The molecule has 0 aliphatic heterocycles. The van der Waals surface area contributed by atoms with Crippen molar-refractivity contribution in [3.8, 4) is 0 Å². The topological polar surface area (TPSA) is 77.2 Å². The predicted octanol–water partition coefficient (Wildman–Crippen LogP) is 1.12. The van der Waals surface area contributed by atoms with E-state index in [1.54, 1.807) is 19.1 Å². The van der Waals surface area contributed by atoms with Gasteiger partial charge in [0.2, 0.25) is 0 Å². The molecule has 96 valence electrons. The van der Waals surface area contributed by atoms with E-state index >= 15 is 0 Å². The van der Waals surface area contributed by atoms with Crippen LogP contribution >= 0.6 is 0 Å². The minimum Gasteiger partial charge on any atom is -0.398 e. The van der Waals surface area contributed by atoms with Crippen molar-refractivity contribution in [3.63, 3.8) is 0 Å². The number of nitrogen functional groups attached to an aromatic ring is 1. The second kappa shape index (κ2) is 5.64. The van der Waals surface area contributed by atoms with Crippen molar-refractivity contribution in [2.24, 2.45) is 0 Å². The maximum absolute atomic E-state index is 11.9. The third kappa shape index (κ3) is 3.81. The van der Waals surface area contributed by atoms with Gasteiger partial charge in [0.1, 0.15) is 0 Å². The average Bonchev–Trinajstić information content (AvgIpc) is 2.30. The van der Waals surface area contributed by atoms with Gasteiger partial charge in [0, 0.05) is 11.5 Å². The molecule has 0 bridgehead atoms.